The van der Waals surface area contributed by atoms with E-state index in [9.17, 15) is 24.6 Å². The first kappa shape index (κ1) is 27.6. The largest absolute Gasteiger partial charge is 0.493 e. The molecular formula is C28H31ClN2O7. The van der Waals surface area contributed by atoms with Crippen LogP contribution in [0.4, 0.5) is 0 Å². The molecule has 0 aromatic heterocycles. The molecule has 0 saturated carbocycles. The van der Waals surface area contributed by atoms with Gasteiger partial charge in [-0.25, -0.2) is 0 Å². The van der Waals surface area contributed by atoms with E-state index in [1.165, 1.54) is 13.2 Å². The third-order valence-electron chi connectivity index (χ3n) is 6.82. The number of amides is 2. The van der Waals surface area contributed by atoms with Crippen molar-refractivity contribution in [3.05, 3.63) is 69.8 Å². The minimum Gasteiger partial charge on any atom is -0.493 e. The van der Waals surface area contributed by atoms with Crippen LogP contribution in [0.25, 0.3) is 0 Å². The highest BCUT2D eigenvalue weighted by molar-refractivity contribution is 6.30. The van der Waals surface area contributed by atoms with E-state index in [2.05, 4.69) is 5.32 Å². The standard InChI is InChI=1S/C28H31ClN2O7/c1-3-4-23(34)31(14-16-5-7-18(29)8-6-16)21-13-20(28(36)30-9-10-32)24-19-11-17(15-33)12-22(37-2)26(19)38-27(24)25(21)35/h5-8,11-13,15,21,24-25,27,32,35H,3-4,9-10,14H2,1-2H3,(H,30,36). The van der Waals surface area contributed by atoms with Crippen molar-refractivity contribution in [1.82, 2.24) is 10.2 Å². The van der Waals surface area contributed by atoms with Crippen LogP contribution in [-0.2, 0) is 16.1 Å². The van der Waals surface area contributed by atoms with Gasteiger partial charge in [-0.05, 0) is 42.3 Å². The molecule has 2 aromatic carbocycles. The van der Waals surface area contributed by atoms with Crippen molar-refractivity contribution in [2.24, 2.45) is 0 Å². The number of hydrogen-bond donors (Lipinski definition) is 3. The van der Waals surface area contributed by atoms with Gasteiger partial charge >= 0.3 is 0 Å². The minimum absolute atomic E-state index is 0.0233. The molecular weight excluding hydrogens is 512 g/mol. The summed E-state index contributed by atoms with van der Waals surface area (Å²) in [7, 11) is 1.44. The summed E-state index contributed by atoms with van der Waals surface area (Å²) in [6.07, 6.45) is 1.01. The summed E-state index contributed by atoms with van der Waals surface area (Å²) < 4.78 is 11.6. The van der Waals surface area contributed by atoms with Crippen molar-refractivity contribution in [1.29, 1.82) is 0 Å². The number of halogens is 1. The van der Waals surface area contributed by atoms with Crippen LogP contribution >= 0.6 is 11.6 Å². The second kappa shape index (κ2) is 12.0. The van der Waals surface area contributed by atoms with E-state index in [1.54, 1.807) is 41.3 Å². The molecule has 1 aliphatic carbocycles. The van der Waals surface area contributed by atoms with Crippen molar-refractivity contribution in [3.8, 4) is 11.5 Å². The number of nitrogens with zero attached hydrogens (tertiary/aromatic N) is 1. The second-order valence-corrected chi connectivity index (χ2v) is 9.74. The van der Waals surface area contributed by atoms with E-state index >= 15 is 0 Å². The molecule has 0 radical (unpaired) electrons. The second-order valence-electron chi connectivity index (χ2n) is 9.30. The molecule has 9 nitrogen and oxygen atoms in total. The van der Waals surface area contributed by atoms with Gasteiger partial charge in [0.05, 0.1) is 25.7 Å². The first-order valence-corrected chi connectivity index (χ1v) is 12.9. The number of nitrogens with one attached hydrogen (secondary N) is 1. The lowest BCUT2D eigenvalue weighted by Gasteiger charge is -2.40. The molecule has 1 aliphatic heterocycles. The van der Waals surface area contributed by atoms with E-state index in [-0.39, 0.29) is 37.6 Å². The first-order chi connectivity index (χ1) is 18.3. The molecule has 0 fully saturated rings. The fraction of sp³-hybridized carbons (Fsp3) is 0.393. The lowest BCUT2D eigenvalue weighted by Crippen LogP contribution is -2.55. The number of carbonyl (C=O) groups excluding carboxylic acids is 3. The highest BCUT2D eigenvalue weighted by Gasteiger charge is 2.51. The lowest BCUT2D eigenvalue weighted by molar-refractivity contribution is -0.138. The van der Waals surface area contributed by atoms with Gasteiger partial charge in [-0.2, -0.15) is 0 Å². The molecule has 4 rings (SSSR count). The van der Waals surface area contributed by atoms with Crippen LogP contribution in [-0.4, -0.2) is 71.7 Å². The molecule has 0 spiro atoms. The third-order valence-corrected chi connectivity index (χ3v) is 7.07. The number of aldehydes is 1. The van der Waals surface area contributed by atoms with Gasteiger partial charge in [0.1, 0.15) is 18.5 Å². The molecule has 10 heteroatoms. The monoisotopic (exact) mass is 542 g/mol. The molecule has 2 amide bonds. The van der Waals surface area contributed by atoms with E-state index in [0.29, 0.717) is 40.4 Å². The maximum atomic E-state index is 13.3. The smallest absolute Gasteiger partial charge is 0.247 e. The van der Waals surface area contributed by atoms with Gasteiger partial charge < -0.3 is 29.9 Å². The summed E-state index contributed by atoms with van der Waals surface area (Å²) in [6.45, 7) is 1.84. The van der Waals surface area contributed by atoms with Crippen molar-refractivity contribution < 1.29 is 34.1 Å². The zero-order valence-electron chi connectivity index (χ0n) is 21.2. The van der Waals surface area contributed by atoms with Crippen LogP contribution in [0.3, 0.4) is 0 Å². The Kier molecular flexibility index (Phi) is 8.71. The van der Waals surface area contributed by atoms with Crippen LogP contribution in [0.5, 0.6) is 11.5 Å². The Morgan fingerprint density at radius 3 is 2.61 bits per heavy atom. The molecule has 4 atom stereocenters. The van der Waals surface area contributed by atoms with Crippen LogP contribution in [0.15, 0.2) is 48.0 Å². The maximum absolute atomic E-state index is 13.3. The first-order valence-electron chi connectivity index (χ1n) is 12.5. The normalized spacial score (nSPS) is 21.4. The Labute approximate surface area is 226 Å². The van der Waals surface area contributed by atoms with Gasteiger partial charge in [0, 0.05) is 41.2 Å². The number of rotatable bonds is 10. The number of ether oxygens (including phenoxy) is 2. The van der Waals surface area contributed by atoms with Crippen LogP contribution in [0.2, 0.25) is 5.02 Å². The van der Waals surface area contributed by atoms with Crippen LogP contribution < -0.4 is 14.8 Å². The molecule has 2 aliphatic rings. The molecule has 0 saturated heterocycles. The lowest BCUT2D eigenvalue weighted by atomic mass is 9.77. The Morgan fingerprint density at radius 1 is 1.24 bits per heavy atom. The highest BCUT2D eigenvalue weighted by Crippen LogP contribution is 2.51. The van der Waals surface area contributed by atoms with E-state index < -0.39 is 30.1 Å². The van der Waals surface area contributed by atoms with Crippen LogP contribution in [0, 0.1) is 0 Å². The van der Waals surface area contributed by atoms with Gasteiger partial charge in [-0.3, -0.25) is 14.4 Å². The van der Waals surface area contributed by atoms with Crippen molar-refractivity contribution >= 4 is 29.7 Å². The quantitative estimate of drug-likeness (QED) is 0.394. The Balaban J connectivity index is 1.81. The van der Waals surface area contributed by atoms with E-state index in [4.69, 9.17) is 21.1 Å². The highest BCUT2D eigenvalue weighted by atomic mass is 35.5. The minimum atomic E-state index is -1.20. The van der Waals surface area contributed by atoms with Crippen molar-refractivity contribution in [3.63, 3.8) is 0 Å². The van der Waals surface area contributed by atoms with Gasteiger partial charge in [0.2, 0.25) is 11.8 Å². The molecule has 202 valence electrons. The molecule has 3 N–H and O–H groups in total. The van der Waals surface area contributed by atoms with Crippen LogP contribution in [0.1, 0.15) is 47.2 Å². The summed E-state index contributed by atoms with van der Waals surface area (Å²) in [5.74, 6) is -0.738. The van der Waals surface area contributed by atoms with E-state index in [0.717, 1.165) is 5.56 Å². The fourth-order valence-corrected chi connectivity index (χ4v) is 5.19. The molecule has 4 unspecified atom stereocenters. The number of hydrogen-bond acceptors (Lipinski definition) is 7. The topological polar surface area (TPSA) is 125 Å². The van der Waals surface area contributed by atoms with Crippen molar-refractivity contribution in [2.45, 2.75) is 50.5 Å². The maximum Gasteiger partial charge on any atom is 0.247 e. The Bertz CT molecular complexity index is 1230. The van der Waals surface area contributed by atoms with Gasteiger partial charge in [0.15, 0.2) is 11.5 Å². The number of aliphatic hydroxyl groups is 2. The van der Waals surface area contributed by atoms with E-state index in [1.807, 2.05) is 6.92 Å². The van der Waals surface area contributed by atoms with Gasteiger partial charge in [-0.15, -0.1) is 0 Å². The predicted molar refractivity (Wildman–Crippen MR) is 140 cm³/mol. The molecule has 0 bridgehead atoms. The average Bonchev–Trinajstić information content (AvgIpc) is 3.31. The zero-order valence-corrected chi connectivity index (χ0v) is 22.0. The zero-order chi connectivity index (χ0) is 27.4. The Hall–Kier alpha value is -3.40. The molecule has 38 heavy (non-hydrogen) atoms. The summed E-state index contributed by atoms with van der Waals surface area (Å²) in [5.41, 5.74) is 1.94. The third kappa shape index (κ3) is 5.41. The summed E-state index contributed by atoms with van der Waals surface area (Å²) >= 11 is 6.04. The fourth-order valence-electron chi connectivity index (χ4n) is 5.06. The Morgan fingerprint density at radius 2 is 1.97 bits per heavy atom. The summed E-state index contributed by atoms with van der Waals surface area (Å²) in [5, 5.41) is 24.1. The summed E-state index contributed by atoms with van der Waals surface area (Å²) in [6, 6.07) is 9.32. The number of benzene rings is 2. The SMILES string of the molecule is CCCC(=O)N(Cc1ccc(Cl)cc1)C1C=C(C(=O)NCCO)C2c3cc(C=O)cc(OC)c3OC2C1O. The number of aliphatic hydroxyl groups excluding tert-OH is 2. The number of carbonyl (C=O) groups is 3. The van der Waals surface area contributed by atoms with Gasteiger partial charge in [0.25, 0.3) is 0 Å². The average molecular weight is 543 g/mol. The molecule has 2 aromatic rings. The summed E-state index contributed by atoms with van der Waals surface area (Å²) in [4.78, 5) is 39.8. The van der Waals surface area contributed by atoms with Gasteiger partial charge in [-0.1, -0.05) is 30.7 Å². The molecule has 1 heterocycles. The number of methoxy groups -OCH3 is 1. The van der Waals surface area contributed by atoms with Crippen molar-refractivity contribution in [2.75, 3.05) is 20.3 Å². The predicted octanol–water partition coefficient (Wildman–Crippen LogP) is 2.61. The number of fused-ring (bicyclic) bond motifs is 3.